The summed E-state index contributed by atoms with van der Waals surface area (Å²) >= 11 is 0. The van der Waals surface area contributed by atoms with Gasteiger partial charge in [-0.2, -0.15) is 23.4 Å². The molecule has 0 aliphatic carbocycles. The maximum Gasteiger partial charge on any atom is 0.416 e. The molecule has 0 aliphatic rings. The zero-order valence-electron chi connectivity index (χ0n) is 13.4. The molecule has 132 valence electrons. The Bertz CT molecular complexity index is 928. The second-order valence-electron chi connectivity index (χ2n) is 5.33. The van der Waals surface area contributed by atoms with Crippen LogP contribution in [0.5, 0.6) is 0 Å². The number of hydrogen-bond acceptors (Lipinski definition) is 5. The number of aryl methyl sites for hydroxylation is 1. The molecule has 0 radical (unpaired) electrons. The molecule has 0 unspecified atom stereocenters. The highest BCUT2D eigenvalue weighted by molar-refractivity contribution is 5.60. The molecule has 0 saturated carbocycles. The molecule has 1 aromatic carbocycles. The van der Waals surface area contributed by atoms with Crippen LogP contribution in [0.1, 0.15) is 12.0 Å². The topological polar surface area (TPSA) is 79.4 Å². The first-order valence-electron chi connectivity index (χ1n) is 7.64. The van der Waals surface area contributed by atoms with E-state index in [1.807, 2.05) is 6.07 Å². The number of alkyl halides is 3. The van der Waals surface area contributed by atoms with Gasteiger partial charge in [-0.05, 0) is 30.3 Å². The lowest BCUT2D eigenvalue weighted by atomic mass is 10.2. The van der Waals surface area contributed by atoms with Gasteiger partial charge in [-0.25, -0.2) is 4.68 Å². The first-order chi connectivity index (χ1) is 12.5. The van der Waals surface area contributed by atoms with Crippen molar-refractivity contribution < 1.29 is 13.2 Å². The van der Waals surface area contributed by atoms with Gasteiger partial charge in [0.15, 0.2) is 5.82 Å². The number of benzene rings is 1. The highest BCUT2D eigenvalue weighted by atomic mass is 19.4. The summed E-state index contributed by atoms with van der Waals surface area (Å²) in [6.45, 7) is 0.311. The summed E-state index contributed by atoms with van der Waals surface area (Å²) in [5, 5.41) is 15.8. The van der Waals surface area contributed by atoms with Crippen molar-refractivity contribution in [3.05, 3.63) is 54.4 Å². The van der Waals surface area contributed by atoms with Crippen molar-refractivity contribution in [1.82, 2.24) is 19.7 Å². The Morgan fingerprint density at radius 3 is 2.62 bits per heavy atom. The maximum atomic E-state index is 12.8. The van der Waals surface area contributed by atoms with Crippen LogP contribution in [0, 0.1) is 11.3 Å². The normalized spacial score (nSPS) is 11.2. The standard InChI is InChI=1S/C17H13F3N6/c18-17(19,20)13-3-1-4-14(11-13)23-16-24-15(12-5-8-22-9-6-12)26(25-16)10-2-7-21/h1,3-6,8-9,11H,2,10H2,(H,23,25). The van der Waals surface area contributed by atoms with Crippen LogP contribution in [-0.4, -0.2) is 19.7 Å². The van der Waals surface area contributed by atoms with Crippen LogP contribution in [0.25, 0.3) is 11.4 Å². The van der Waals surface area contributed by atoms with Gasteiger partial charge in [0, 0.05) is 23.6 Å². The number of nitriles is 1. The van der Waals surface area contributed by atoms with Crippen molar-refractivity contribution in [1.29, 1.82) is 5.26 Å². The van der Waals surface area contributed by atoms with E-state index in [2.05, 4.69) is 20.4 Å². The number of rotatable bonds is 5. The van der Waals surface area contributed by atoms with E-state index in [1.165, 1.54) is 16.8 Å². The fourth-order valence-electron chi connectivity index (χ4n) is 2.32. The molecule has 1 N–H and O–H groups in total. The monoisotopic (exact) mass is 358 g/mol. The number of halogens is 3. The van der Waals surface area contributed by atoms with Gasteiger partial charge in [0.25, 0.3) is 0 Å². The van der Waals surface area contributed by atoms with E-state index in [0.29, 0.717) is 12.4 Å². The van der Waals surface area contributed by atoms with E-state index < -0.39 is 11.7 Å². The number of pyridine rings is 1. The summed E-state index contributed by atoms with van der Waals surface area (Å²) < 4.78 is 40.0. The average Bonchev–Trinajstić information content (AvgIpc) is 3.03. The molecule has 0 bridgehead atoms. The largest absolute Gasteiger partial charge is 0.416 e. The molecule has 0 saturated heterocycles. The van der Waals surface area contributed by atoms with Gasteiger partial charge in [-0.15, -0.1) is 5.10 Å². The third kappa shape index (κ3) is 3.97. The van der Waals surface area contributed by atoms with Crippen molar-refractivity contribution in [2.24, 2.45) is 0 Å². The van der Waals surface area contributed by atoms with E-state index in [9.17, 15) is 13.2 Å². The SMILES string of the molecule is N#CCCn1nc(Nc2cccc(C(F)(F)F)c2)nc1-c1ccncc1. The van der Waals surface area contributed by atoms with E-state index in [1.54, 1.807) is 24.5 Å². The summed E-state index contributed by atoms with van der Waals surface area (Å²) in [7, 11) is 0. The lowest BCUT2D eigenvalue weighted by Gasteiger charge is -2.08. The molecule has 26 heavy (non-hydrogen) atoms. The van der Waals surface area contributed by atoms with Crippen LogP contribution in [-0.2, 0) is 12.7 Å². The van der Waals surface area contributed by atoms with Crippen molar-refractivity contribution in [2.45, 2.75) is 19.1 Å². The van der Waals surface area contributed by atoms with Crippen LogP contribution in [0.3, 0.4) is 0 Å². The van der Waals surface area contributed by atoms with E-state index in [4.69, 9.17) is 5.26 Å². The van der Waals surface area contributed by atoms with Crippen LogP contribution < -0.4 is 5.32 Å². The minimum Gasteiger partial charge on any atom is -0.323 e. The third-order valence-corrected chi connectivity index (χ3v) is 3.49. The second-order valence-corrected chi connectivity index (χ2v) is 5.33. The molecular weight excluding hydrogens is 345 g/mol. The Morgan fingerprint density at radius 2 is 1.92 bits per heavy atom. The molecule has 0 amide bonds. The summed E-state index contributed by atoms with van der Waals surface area (Å²) in [4.78, 5) is 8.28. The van der Waals surface area contributed by atoms with Crippen molar-refractivity contribution in [3.63, 3.8) is 0 Å². The predicted octanol–water partition coefficient (Wildman–Crippen LogP) is 4.02. The molecule has 6 nitrogen and oxygen atoms in total. The maximum absolute atomic E-state index is 12.8. The van der Waals surface area contributed by atoms with Crippen molar-refractivity contribution in [2.75, 3.05) is 5.32 Å². The summed E-state index contributed by atoms with van der Waals surface area (Å²) in [5.41, 5.74) is 0.196. The van der Waals surface area contributed by atoms with Gasteiger partial charge < -0.3 is 5.32 Å². The van der Waals surface area contributed by atoms with Crippen LogP contribution in [0.4, 0.5) is 24.8 Å². The van der Waals surface area contributed by atoms with Gasteiger partial charge in [0.1, 0.15) is 0 Å². The molecular formula is C17H13F3N6. The molecule has 3 rings (SSSR count). The van der Waals surface area contributed by atoms with Gasteiger partial charge >= 0.3 is 6.18 Å². The number of nitrogens with zero attached hydrogens (tertiary/aromatic N) is 5. The summed E-state index contributed by atoms with van der Waals surface area (Å²) in [6.07, 6.45) is -1.01. The Kier molecular flexibility index (Phi) is 4.84. The van der Waals surface area contributed by atoms with Gasteiger partial charge in [-0.3, -0.25) is 4.98 Å². The van der Waals surface area contributed by atoms with Crippen LogP contribution in [0.15, 0.2) is 48.8 Å². The first-order valence-corrected chi connectivity index (χ1v) is 7.64. The number of hydrogen-bond donors (Lipinski definition) is 1. The quantitative estimate of drug-likeness (QED) is 0.745. The molecule has 0 spiro atoms. The second kappa shape index (κ2) is 7.23. The van der Waals surface area contributed by atoms with E-state index >= 15 is 0 Å². The minimum absolute atomic E-state index is 0.147. The molecule has 3 aromatic rings. The fourth-order valence-corrected chi connectivity index (χ4v) is 2.32. The van der Waals surface area contributed by atoms with Crippen molar-refractivity contribution in [3.8, 4) is 17.5 Å². The number of anilines is 2. The smallest absolute Gasteiger partial charge is 0.323 e. The Morgan fingerprint density at radius 1 is 1.15 bits per heavy atom. The number of aromatic nitrogens is 4. The minimum atomic E-state index is -4.43. The highest BCUT2D eigenvalue weighted by Crippen LogP contribution is 2.31. The van der Waals surface area contributed by atoms with Crippen LogP contribution in [0.2, 0.25) is 0 Å². The third-order valence-electron chi connectivity index (χ3n) is 3.49. The van der Waals surface area contributed by atoms with Crippen LogP contribution >= 0.6 is 0 Å². The zero-order valence-corrected chi connectivity index (χ0v) is 13.4. The van der Waals surface area contributed by atoms with Gasteiger partial charge in [0.2, 0.25) is 5.95 Å². The average molecular weight is 358 g/mol. The van der Waals surface area contributed by atoms with E-state index in [-0.39, 0.29) is 18.1 Å². The number of nitrogens with one attached hydrogen (secondary N) is 1. The van der Waals surface area contributed by atoms with Gasteiger partial charge in [0.05, 0.1) is 24.6 Å². The van der Waals surface area contributed by atoms with E-state index in [0.717, 1.165) is 17.7 Å². The Hall–Kier alpha value is -3.41. The fraction of sp³-hybridized carbons (Fsp3) is 0.176. The lowest BCUT2D eigenvalue weighted by Crippen LogP contribution is -2.05. The zero-order chi connectivity index (χ0) is 18.6. The van der Waals surface area contributed by atoms with Crippen molar-refractivity contribution >= 4 is 11.6 Å². The predicted molar refractivity (Wildman–Crippen MR) is 88.2 cm³/mol. The summed E-state index contributed by atoms with van der Waals surface area (Å²) in [5.74, 6) is 0.645. The molecule has 9 heteroatoms. The molecule has 0 aliphatic heterocycles. The lowest BCUT2D eigenvalue weighted by molar-refractivity contribution is -0.137. The molecule has 0 fully saturated rings. The Balaban J connectivity index is 1.92. The van der Waals surface area contributed by atoms with Gasteiger partial charge in [-0.1, -0.05) is 6.07 Å². The molecule has 2 aromatic heterocycles. The molecule has 2 heterocycles. The Labute approximate surface area is 146 Å². The summed E-state index contributed by atoms with van der Waals surface area (Å²) in [6, 6.07) is 10.3. The highest BCUT2D eigenvalue weighted by Gasteiger charge is 2.30. The first kappa shape index (κ1) is 17.4. The molecule has 0 atom stereocenters.